The Morgan fingerprint density at radius 3 is 2.26 bits per heavy atom. The molecule has 4 aromatic rings. The fourth-order valence-electron chi connectivity index (χ4n) is 4.06. The molecule has 3 aromatic carbocycles. The van der Waals surface area contributed by atoms with E-state index in [4.69, 9.17) is 0 Å². The van der Waals surface area contributed by atoms with Crippen LogP contribution in [0.5, 0.6) is 0 Å². The van der Waals surface area contributed by atoms with Gasteiger partial charge in [-0.3, -0.25) is 23.9 Å². The number of fused-ring (bicyclic) bond motifs is 1. The van der Waals surface area contributed by atoms with E-state index < -0.39 is 11.6 Å². The third-order valence-electron chi connectivity index (χ3n) is 6.17. The molecule has 0 saturated heterocycles. The first kappa shape index (κ1) is 23.9. The van der Waals surface area contributed by atoms with Gasteiger partial charge in [0.05, 0.1) is 17.6 Å². The number of anilines is 2. The summed E-state index contributed by atoms with van der Waals surface area (Å²) in [6.07, 6.45) is 0. The lowest BCUT2D eigenvalue weighted by atomic mass is 10.1. The second-order valence-corrected chi connectivity index (χ2v) is 8.61. The van der Waals surface area contributed by atoms with Crippen molar-refractivity contribution in [3.8, 4) is 0 Å². The molecule has 4 rings (SSSR count). The Kier molecular flexibility index (Phi) is 6.78. The number of nitrogens with one attached hydrogen (secondary N) is 1. The van der Waals surface area contributed by atoms with Crippen LogP contribution in [-0.2, 0) is 16.1 Å². The predicted molar refractivity (Wildman–Crippen MR) is 139 cm³/mol. The minimum Gasteiger partial charge on any atom is -0.324 e. The Bertz CT molecular complexity index is 1470. The molecule has 0 spiro atoms. The minimum absolute atomic E-state index is 0.00463. The molecule has 0 aliphatic heterocycles. The predicted octanol–water partition coefficient (Wildman–Crippen LogP) is 4.77. The minimum atomic E-state index is -0.846. The molecule has 0 radical (unpaired) electrons. The third kappa shape index (κ3) is 4.84. The van der Waals surface area contributed by atoms with Gasteiger partial charge in [0.1, 0.15) is 6.04 Å². The lowest BCUT2D eigenvalue weighted by Gasteiger charge is -2.24. The largest absolute Gasteiger partial charge is 0.324 e. The number of para-hydroxylation sites is 3. The zero-order valence-corrected chi connectivity index (χ0v) is 20.3. The van der Waals surface area contributed by atoms with Gasteiger partial charge >= 0.3 is 0 Å². The summed E-state index contributed by atoms with van der Waals surface area (Å²) in [5, 5.41) is 2.92. The smallest absolute Gasteiger partial charge is 0.295 e. The van der Waals surface area contributed by atoms with Crippen molar-refractivity contribution in [1.82, 2.24) is 9.55 Å². The fourth-order valence-corrected chi connectivity index (χ4v) is 4.06. The SMILES string of the molecule is CC(=O)N(Cc1ccccc1C)c1nc2ccccc2n(C(C)C(=O)Nc2ccccc2C)c1=O. The van der Waals surface area contributed by atoms with Crippen molar-refractivity contribution in [3.63, 3.8) is 0 Å². The van der Waals surface area contributed by atoms with Gasteiger partial charge in [0.2, 0.25) is 17.6 Å². The van der Waals surface area contributed by atoms with Crippen LogP contribution in [-0.4, -0.2) is 21.4 Å². The highest BCUT2D eigenvalue weighted by atomic mass is 16.2. The number of amides is 2. The molecule has 7 heteroatoms. The first-order valence-corrected chi connectivity index (χ1v) is 11.5. The van der Waals surface area contributed by atoms with E-state index in [-0.39, 0.29) is 24.2 Å². The maximum absolute atomic E-state index is 13.8. The lowest BCUT2D eigenvalue weighted by molar-refractivity contribution is -0.118. The average molecular weight is 469 g/mol. The summed E-state index contributed by atoms with van der Waals surface area (Å²) in [5.74, 6) is -0.649. The van der Waals surface area contributed by atoms with Crippen molar-refractivity contribution in [1.29, 1.82) is 0 Å². The van der Waals surface area contributed by atoms with Crippen molar-refractivity contribution < 1.29 is 9.59 Å². The third-order valence-corrected chi connectivity index (χ3v) is 6.17. The zero-order valence-electron chi connectivity index (χ0n) is 20.3. The number of benzene rings is 3. The molecule has 0 aliphatic carbocycles. The number of aromatic nitrogens is 2. The van der Waals surface area contributed by atoms with Gasteiger partial charge in [0.25, 0.3) is 5.56 Å². The standard InChI is InChI=1S/C28H28N4O3/c1-18-11-5-7-13-22(18)17-31(21(4)33)26-28(35)32(25-16-10-9-15-24(25)29-26)20(3)27(34)30-23-14-8-6-12-19(23)2/h5-16,20H,17H2,1-4H3,(H,30,34). The number of carbonyl (C=O) groups is 2. The summed E-state index contributed by atoms with van der Waals surface area (Å²) in [7, 11) is 0. The van der Waals surface area contributed by atoms with Crippen molar-refractivity contribution >= 4 is 34.4 Å². The van der Waals surface area contributed by atoms with E-state index in [0.717, 1.165) is 16.7 Å². The molecule has 0 bridgehead atoms. The van der Waals surface area contributed by atoms with E-state index >= 15 is 0 Å². The molecule has 0 aliphatic rings. The van der Waals surface area contributed by atoms with Crippen LogP contribution in [0, 0.1) is 13.8 Å². The molecule has 0 fully saturated rings. The Morgan fingerprint density at radius 2 is 1.57 bits per heavy atom. The Hall–Kier alpha value is -4.26. The Labute approximate surface area is 204 Å². The lowest BCUT2D eigenvalue weighted by Crippen LogP contribution is -2.39. The molecule has 1 aromatic heterocycles. The highest BCUT2D eigenvalue weighted by molar-refractivity contribution is 5.96. The summed E-state index contributed by atoms with van der Waals surface area (Å²) in [5.41, 5.74) is 4.06. The second-order valence-electron chi connectivity index (χ2n) is 8.61. The highest BCUT2D eigenvalue weighted by Gasteiger charge is 2.26. The number of aryl methyl sites for hydroxylation is 2. The van der Waals surface area contributed by atoms with Gasteiger partial charge in [-0.2, -0.15) is 0 Å². The van der Waals surface area contributed by atoms with E-state index in [0.29, 0.717) is 16.7 Å². The van der Waals surface area contributed by atoms with E-state index in [1.807, 2.05) is 68.4 Å². The van der Waals surface area contributed by atoms with Crippen LogP contribution in [0.2, 0.25) is 0 Å². The van der Waals surface area contributed by atoms with Crippen LogP contribution in [0.3, 0.4) is 0 Å². The topological polar surface area (TPSA) is 84.3 Å². The Morgan fingerprint density at radius 1 is 0.943 bits per heavy atom. The number of rotatable bonds is 6. The fraction of sp³-hybridized carbons (Fsp3) is 0.214. The van der Waals surface area contributed by atoms with Gasteiger partial charge in [0, 0.05) is 12.6 Å². The molecule has 35 heavy (non-hydrogen) atoms. The molecule has 1 N–H and O–H groups in total. The number of carbonyl (C=O) groups excluding carboxylic acids is 2. The van der Waals surface area contributed by atoms with Crippen molar-refractivity contribution in [3.05, 3.63) is 99.8 Å². The first-order chi connectivity index (χ1) is 16.8. The summed E-state index contributed by atoms with van der Waals surface area (Å²) >= 11 is 0. The van der Waals surface area contributed by atoms with E-state index in [1.165, 1.54) is 16.4 Å². The first-order valence-electron chi connectivity index (χ1n) is 11.5. The van der Waals surface area contributed by atoms with Crippen LogP contribution in [0.4, 0.5) is 11.5 Å². The molecule has 1 unspecified atom stereocenters. The maximum Gasteiger partial charge on any atom is 0.295 e. The van der Waals surface area contributed by atoms with Crippen LogP contribution in [0.25, 0.3) is 11.0 Å². The monoisotopic (exact) mass is 468 g/mol. The van der Waals surface area contributed by atoms with Crippen LogP contribution in [0.1, 0.15) is 36.6 Å². The van der Waals surface area contributed by atoms with Gasteiger partial charge in [-0.15, -0.1) is 0 Å². The van der Waals surface area contributed by atoms with E-state index in [9.17, 15) is 14.4 Å². The molecule has 0 saturated carbocycles. The average Bonchev–Trinajstić information content (AvgIpc) is 2.84. The quantitative estimate of drug-likeness (QED) is 0.442. The molecule has 178 valence electrons. The molecule has 2 amide bonds. The van der Waals surface area contributed by atoms with Gasteiger partial charge in [-0.25, -0.2) is 4.98 Å². The van der Waals surface area contributed by atoms with E-state index in [2.05, 4.69) is 10.3 Å². The maximum atomic E-state index is 13.8. The van der Waals surface area contributed by atoms with Crippen LogP contribution in [0.15, 0.2) is 77.6 Å². The van der Waals surface area contributed by atoms with Crippen molar-refractivity contribution in [2.45, 2.75) is 40.3 Å². The number of nitrogens with zero attached hydrogens (tertiary/aromatic N) is 3. The van der Waals surface area contributed by atoms with Gasteiger partial charge in [-0.05, 0) is 55.7 Å². The molecule has 1 heterocycles. The normalized spacial score (nSPS) is 11.8. The summed E-state index contributed by atoms with van der Waals surface area (Å²) in [4.78, 5) is 45.7. The van der Waals surface area contributed by atoms with Gasteiger partial charge in [0.15, 0.2) is 0 Å². The summed E-state index contributed by atoms with van der Waals surface area (Å²) in [6, 6.07) is 21.4. The van der Waals surface area contributed by atoms with Gasteiger partial charge < -0.3 is 5.32 Å². The summed E-state index contributed by atoms with van der Waals surface area (Å²) < 4.78 is 1.42. The number of hydrogen-bond donors (Lipinski definition) is 1. The Balaban J connectivity index is 1.82. The summed E-state index contributed by atoms with van der Waals surface area (Å²) in [6.45, 7) is 7.14. The molecule has 7 nitrogen and oxygen atoms in total. The van der Waals surface area contributed by atoms with Crippen LogP contribution < -0.4 is 15.8 Å². The number of hydrogen-bond acceptors (Lipinski definition) is 4. The van der Waals surface area contributed by atoms with Crippen molar-refractivity contribution in [2.75, 3.05) is 10.2 Å². The molecular formula is C28H28N4O3. The van der Waals surface area contributed by atoms with Crippen molar-refractivity contribution in [2.24, 2.45) is 0 Å². The second kappa shape index (κ2) is 9.93. The highest BCUT2D eigenvalue weighted by Crippen LogP contribution is 2.22. The van der Waals surface area contributed by atoms with Gasteiger partial charge in [-0.1, -0.05) is 54.6 Å². The van der Waals surface area contributed by atoms with E-state index in [1.54, 1.807) is 25.1 Å². The van der Waals surface area contributed by atoms with Crippen LogP contribution >= 0.6 is 0 Å². The molecule has 1 atom stereocenters. The zero-order chi connectivity index (χ0) is 25.1. The molecular weight excluding hydrogens is 440 g/mol.